The maximum atomic E-state index is 5.81. The Kier molecular flexibility index (Phi) is 4.51. The first-order valence-corrected chi connectivity index (χ1v) is 8.37. The minimum absolute atomic E-state index is 0.228. The van der Waals surface area contributed by atoms with E-state index in [1.54, 1.807) is 0 Å². The van der Waals surface area contributed by atoms with Gasteiger partial charge in [0.1, 0.15) is 5.75 Å². The molecule has 116 valence electrons. The number of hydrogen-bond acceptors (Lipinski definition) is 3. The minimum atomic E-state index is 0.228. The predicted octanol–water partition coefficient (Wildman–Crippen LogP) is 3.22. The Labute approximate surface area is 128 Å². The van der Waals surface area contributed by atoms with Gasteiger partial charge in [0.05, 0.1) is 6.10 Å². The van der Waals surface area contributed by atoms with E-state index in [9.17, 15) is 0 Å². The minimum Gasteiger partial charge on any atom is -0.491 e. The molecule has 1 aromatic carbocycles. The van der Waals surface area contributed by atoms with Crippen molar-refractivity contribution in [3.8, 4) is 5.75 Å². The molecule has 0 aliphatic carbocycles. The number of benzene rings is 1. The van der Waals surface area contributed by atoms with Gasteiger partial charge >= 0.3 is 0 Å². The van der Waals surface area contributed by atoms with Crippen LogP contribution in [0, 0.1) is 5.92 Å². The first kappa shape index (κ1) is 14.9. The summed E-state index contributed by atoms with van der Waals surface area (Å²) < 4.78 is 5.81. The van der Waals surface area contributed by atoms with E-state index in [0.717, 1.165) is 11.7 Å². The van der Waals surface area contributed by atoms with E-state index in [2.05, 4.69) is 49.2 Å². The van der Waals surface area contributed by atoms with Gasteiger partial charge in [0.25, 0.3) is 0 Å². The lowest BCUT2D eigenvalue weighted by Gasteiger charge is -2.33. The van der Waals surface area contributed by atoms with Gasteiger partial charge in [-0.1, -0.05) is 12.1 Å². The van der Waals surface area contributed by atoms with Gasteiger partial charge in [-0.05, 0) is 70.3 Å². The molecule has 2 fully saturated rings. The number of rotatable bonds is 5. The zero-order valence-electron chi connectivity index (χ0n) is 13.5. The summed E-state index contributed by atoms with van der Waals surface area (Å²) in [4.78, 5) is 2.60. The van der Waals surface area contributed by atoms with Crippen LogP contribution in [0.5, 0.6) is 5.75 Å². The fourth-order valence-corrected chi connectivity index (χ4v) is 3.72. The highest BCUT2D eigenvalue weighted by molar-refractivity contribution is 5.30. The first-order valence-electron chi connectivity index (χ1n) is 8.37. The SMILES string of the molecule is CC(C)Oc1cccc(C(C)NC2CCN3CCC2C3)c1. The Morgan fingerprint density at radius 1 is 1.19 bits per heavy atom. The molecule has 0 saturated carbocycles. The zero-order valence-corrected chi connectivity index (χ0v) is 13.5. The van der Waals surface area contributed by atoms with E-state index in [4.69, 9.17) is 4.74 Å². The Morgan fingerprint density at radius 3 is 2.81 bits per heavy atom. The van der Waals surface area contributed by atoms with E-state index < -0.39 is 0 Å². The van der Waals surface area contributed by atoms with E-state index in [-0.39, 0.29) is 6.10 Å². The lowest BCUT2D eigenvalue weighted by atomic mass is 9.93. The van der Waals surface area contributed by atoms with Gasteiger partial charge in [0.2, 0.25) is 0 Å². The van der Waals surface area contributed by atoms with Gasteiger partial charge in [-0.25, -0.2) is 0 Å². The summed E-state index contributed by atoms with van der Waals surface area (Å²) in [6, 6.07) is 9.59. The molecule has 2 saturated heterocycles. The van der Waals surface area contributed by atoms with Gasteiger partial charge < -0.3 is 15.0 Å². The van der Waals surface area contributed by atoms with Crippen LogP contribution >= 0.6 is 0 Å². The van der Waals surface area contributed by atoms with Crippen LogP contribution in [0.4, 0.5) is 0 Å². The summed E-state index contributed by atoms with van der Waals surface area (Å²) >= 11 is 0. The van der Waals surface area contributed by atoms with Gasteiger partial charge in [-0.2, -0.15) is 0 Å². The molecule has 21 heavy (non-hydrogen) atoms. The molecule has 1 N–H and O–H groups in total. The number of nitrogens with zero attached hydrogens (tertiary/aromatic N) is 1. The number of hydrogen-bond donors (Lipinski definition) is 1. The highest BCUT2D eigenvalue weighted by Gasteiger charge is 2.34. The van der Waals surface area contributed by atoms with Crippen molar-refractivity contribution in [3.63, 3.8) is 0 Å². The third-order valence-corrected chi connectivity index (χ3v) is 4.83. The molecule has 3 nitrogen and oxygen atoms in total. The highest BCUT2D eigenvalue weighted by atomic mass is 16.5. The van der Waals surface area contributed by atoms with Crippen molar-refractivity contribution in [1.29, 1.82) is 0 Å². The molecule has 0 spiro atoms. The van der Waals surface area contributed by atoms with Crippen molar-refractivity contribution in [3.05, 3.63) is 29.8 Å². The van der Waals surface area contributed by atoms with Gasteiger partial charge in [-0.15, -0.1) is 0 Å². The maximum absolute atomic E-state index is 5.81. The van der Waals surface area contributed by atoms with E-state index in [1.807, 2.05) is 6.07 Å². The molecule has 4 atom stereocenters. The number of piperidine rings is 1. The third kappa shape index (κ3) is 3.58. The molecule has 3 heteroatoms. The average Bonchev–Trinajstić information content (AvgIpc) is 2.84. The Morgan fingerprint density at radius 2 is 2.00 bits per heavy atom. The molecule has 1 aromatic rings. The van der Waals surface area contributed by atoms with Gasteiger partial charge in [-0.3, -0.25) is 0 Å². The molecule has 2 heterocycles. The summed E-state index contributed by atoms with van der Waals surface area (Å²) in [6.07, 6.45) is 2.88. The predicted molar refractivity (Wildman–Crippen MR) is 86.7 cm³/mol. The van der Waals surface area contributed by atoms with E-state index in [1.165, 1.54) is 38.0 Å². The van der Waals surface area contributed by atoms with Crippen molar-refractivity contribution in [2.75, 3.05) is 19.6 Å². The lowest BCUT2D eigenvalue weighted by Crippen LogP contribution is -2.44. The summed E-state index contributed by atoms with van der Waals surface area (Å²) in [5, 5.41) is 3.86. The van der Waals surface area contributed by atoms with Crippen LogP contribution in [0.15, 0.2) is 24.3 Å². The standard InChI is InChI=1S/C18H28N2O/c1-13(2)21-17-6-4-5-15(11-17)14(3)19-18-8-10-20-9-7-16(18)12-20/h4-6,11,13-14,16,18-19H,7-10,12H2,1-3H3. The molecule has 2 bridgehead atoms. The van der Waals surface area contributed by atoms with Crippen molar-refractivity contribution in [2.24, 2.45) is 5.92 Å². The number of fused-ring (bicyclic) bond motifs is 2. The second kappa shape index (κ2) is 6.37. The van der Waals surface area contributed by atoms with Crippen molar-refractivity contribution >= 4 is 0 Å². The Balaban J connectivity index is 1.63. The van der Waals surface area contributed by atoms with Crippen LogP contribution in [0.25, 0.3) is 0 Å². The smallest absolute Gasteiger partial charge is 0.120 e. The summed E-state index contributed by atoms with van der Waals surface area (Å²) in [5.41, 5.74) is 1.33. The van der Waals surface area contributed by atoms with Crippen molar-refractivity contribution in [1.82, 2.24) is 10.2 Å². The van der Waals surface area contributed by atoms with Crippen LogP contribution in [-0.4, -0.2) is 36.7 Å². The molecule has 0 aromatic heterocycles. The fraction of sp³-hybridized carbons (Fsp3) is 0.667. The molecular weight excluding hydrogens is 260 g/mol. The first-order chi connectivity index (χ1) is 10.1. The molecule has 4 unspecified atom stereocenters. The number of ether oxygens (including phenoxy) is 1. The van der Waals surface area contributed by atoms with Gasteiger partial charge in [0, 0.05) is 18.6 Å². The largest absolute Gasteiger partial charge is 0.491 e. The maximum Gasteiger partial charge on any atom is 0.120 e. The summed E-state index contributed by atoms with van der Waals surface area (Å²) in [5.74, 6) is 1.82. The monoisotopic (exact) mass is 288 g/mol. The molecule has 0 radical (unpaired) electrons. The summed E-state index contributed by atoms with van der Waals surface area (Å²) in [6.45, 7) is 10.3. The van der Waals surface area contributed by atoms with Crippen LogP contribution in [-0.2, 0) is 0 Å². The van der Waals surface area contributed by atoms with Crippen LogP contribution in [0.2, 0.25) is 0 Å². The molecule has 3 rings (SSSR count). The molecule has 2 aliphatic rings. The molecule has 2 aliphatic heterocycles. The fourth-order valence-electron chi connectivity index (χ4n) is 3.72. The average molecular weight is 288 g/mol. The second-order valence-electron chi connectivity index (χ2n) is 6.87. The highest BCUT2D eigenvalue weighted by Crippen LogP contribution is 2.29. The zero-order chi connectivity index (χ0) is 14.8. The van der Waals surface area contributed by atoms with Crippen LogP contribution < -0.4 is 10.1 Å². The van der Waals surface area contributed by atoms with Gasteiger partial charge in [0.15, 0.2) is 0 Å². The second-order valence-corrected chi connectivity index (χ2v) is 6.87. The normalized spacial score (nSPS) is 29.6. The third-order valence-electron chi connectivity index (χ3n) is 4.83. The molecule has 0 amide bonds. The molecular formula is C18H28N2O. The van der Waals surface area contributed by atoms with E-state index >= 15 is 0 Å². The quantitative estimate of drug-likeness (QED) is 0.900. The number of nitrogens with one attached hydrogen (secondary N) is 1. The van der Waals surface area contributed by atoms with Crippen LogP contribution in [0.3, 0.4) is 0 Å². The Bertz CT molecular complexity index is 474. The topological polar surface area (TPSA) is 24.5 Å². The Hall–Kier alpha value is -1.06. The van der Waals surface area contributed by atoms with Crippen molar-refractivity contribution < 1.29 is 4.74 Å². The van der Waals surface area contributed by atoms with Crippen LogP contribution in [0.1, 0.15) is 45.2 Å². The summed E-state index contributed by atoms with van der Waals surface area (Å²) in [7, 11) is 0. The van der Waals surface area contributed by atoms with Crippen molar-refractivity contribution in [2.45, 2.75) is 51.8 Å². The lowest BCUT2D eigenvalue weighted by molar-refractivity contribution is 0.212. The van der Waals surface area contributed by atoms with E-state index in [0.29, 0.717) is 12.1 Å².